The number of aryl methyl sites for hydroxylation is 1. The fraction of sp³-hybridized carbons (Fsp3) is 0.375. The molecule has 0 aliphatic rings. The molecule has 0 aliphatic heterocycles. The highest BCUT2D eigenvalue weighted by Gasteiger charge is 2.05. The molecule has 1 aromatic heterocycles. The van der Waals surface area contributed by atoms with E-state index in [4.69, 9.17) is 9.15 Å². The van der Waals surface area contributed by atoms with Crippen LogP contribution in [0.5, 0.6) is 5.75 Å². The van der Waals surface area contributed by atoms with Crippen molar-refractivity contribution in [2.75, 3.05) is 0 Å². The van der Waals surface area contributed by atoms with E-state index in [0.717, 1.165) is 23.4 Å². The van der Waals surface area contributed by atoms with E-state index < -0.39 is 0 Å². The number of benzene rings is 1. The standard InChI is InChI=1S/C16H20FNO2/c1-11(2)18-8-13-7-15(19-9-13)10-20-16-5-4-14(17)6-12(16)3/h4-7,9,11,18H,8,10H2,1-3H3. The minimum absolute atomic E-state index is 0.255. The molecular weight excluding hydrogens is 257 g/mol. The lowest BCUT2D eigenvalue weighted by Crippen LogP contribution is -2.21. The van der Waals surface area contributed by atoms with E-state index in [2.05, 4.69) is 19.2 Å². The topological polar surface area (TPSA) is 34.4 Å². The molecule has 0 amide bonds. The van der Waals surface area contributed by atoms with Crippen LogP contribution < -0.4 is 10.1 Å². The summed E-state index contributed by atoms with van der Waals surface area (Å²) in [5.41, 5.74) is 1.87. The molecule has 0 fully saturated rings. The van der Waals surface area contributed by atoms with E-state index >= 15 is 0 Å². The van der Waals surface area contributed by atoms with Gasteiger partial charge in [0.15, 0.2) is 0 Å². The summed E-state index contributed by atoms with van der Waals surface area (Å²) < 4.78 is 24.1. The van der Waals surface area contributed by atoms with Gasteiger partial charge in [-0.2, -0.15) is 0 Å². The van der Waals surface area contributed by atoms with E-state index in [9.17, 15) is 4.39 Å². The Labute approximate surface area is 118 Å². The van der Waals surface area contributed by atoms with Gasteiger partial charge in [-0.1, -0.05) is 13.8 Å². The molecule has 20 heavy (non-hydrogen) atoms. The summed E-state index contributed by atoms with van der Waals surface area (Å²) in [5, 5.41) is 3.32. The summed E-state index contributed by atoms with van der Waals surface area (Å²) in [6, 6.07) is 6.88. The third-order valence-electron chi connectivity index (χ3n) is 2.93. The van der Waals surface area contributed by atoms with Gasteiger partial charge < -0.3 is 14.5 Å². The number of hydrogen-bond donors (Lipinski definition) is 1. The summed E-state index contributed by atoms with van der Waals surface area (Å²) in [6.45, 7) is 7.13. The van der Waals surface area contributed by atoms with Crippen LogP contribution in [0.1, 0.15) is 30.7 Å². The quantitative estimate of drug-likeness (QED) is 0.872. The second kappa shape index (κ2) is 6.57. The molecule has 2 aromatic rings. The molecule has 2 rings (SSSR count). The average Bonchev–Trinajstić information content (AvgIpc) is 2.83. The predicted molar refractivity (Wildman–Crippen MR) is 76.2 cm³/mol. The lowest BCUT2D eigenvalue weighted by molar-refractivity contribution is 0.268. The van der Waals surface area contributed by atoms with Crippen LogP contribution in [0, 0.1) is 12.7 Å². The fourth-order valence-corrected chi connectivity index (χ4v) is 1.84. The van der Waals surface area contributed by atoms with Gasteiger partial charge in [0.1, 0.15) is 23.9 Å². The van der Waals surface area contributed by atoms with Crippen LogP contribution in [0.15, 0.2) is 34.9 Å². The first-order chi connectivity index (χ1) is 9.54. The van der Waals surface area contributed by atoms with Crippen molar-refractivity contribution >= 4 is 0 Å². The molecule has 0 saturated carbocycles. The lowest BCUT2D eigenvalue weighted by atomic mass is 10.2. The number of hydrogen-bond acceptors (Lipinski definition) is 3. The third-order valence-corrected chi connectivity index (χ3v) is 2.93. The number of rotatable bonds is 6. The maximum Gasteiger partial charge on any atom is 0.146 e. The fourth-order valence-electron chi connectivity index (χ4n) is 1.84. The largest absolute Gasteiger partial charge is 0.485 e. The molecule has 0 radical (unpaired) electrons. The maximum absolute atomic E-state index is 13.0. The Balaban J connectivity index is 1.90. The monoisotopic (exact) mass is 277 g/mol. The highest BCUT2D eigenvalue weighted by atomic mass is 19.1. The van der Waals surface area contributed by atoms with Gasteiger partial charge in [-0.05, 0) is 36.8 Å². The SMILES string of the molecule is Cc1cc(F)ccc1OCc1cc(CNC(C)C)co1. The second-order valence-corrected chi connectivity index (χ2v) is 5.16. The van der Waals surface area contributed by atoms with Crippen molar-refractivity contribution in [2.24, 2.45) is 0 Å². The molecule has 0 saturated heterocycles. The van der Waals surface area contributed by atoms with Crippen molar-refractivity contribution < 1.29 is 13.5 Å². The minimum atomic E-state index is -0.255. The third kappa shape index (κ3) is 4.10. The van der Waals surface area contributed by atoms with E-state index in [0.29, 0.717) is 18.4 Å². The Morgan fingerprint density at radius 2 is 2.10 bits per heavy atom. The number of furan rings is 1. The summed E-state index contributed by atoms with van der Waals surface area (Å²) in [5.74, 6) is 1.17. The second-order valence-electron chi connectivity index (χ2n) is 5.16. The molecule has 0 spiro atoms. The van der Waals surface area contributed by atoms with Gasteiger partial charge >= 0.3 is 0 Å². The molecule has 3 nitrogen and oxygen atoms in total. The summed E-state index contributed by atoms with van der Waals surface area (Å²) in [6.07, 6.45) is 1.73. The summed E-state index contributed by atoms with van der Waals surface area (Å²) >= 11 is 0. The lowest BCUT2D eigenvalue weighted by Gasteiger charge is -2.07. The Hall–Kier alpha value is -1.81. The van der Waals surface area contributed by atoms with Crippen molar-refractivity contribution in [3.63, 3.8) is 0 Å². The number of ether oxygens (including phenoxy) is 1. The van der Waals surface area contributed by atoms with Crippen molar-refractivity contribution in [1.82, 2.24) is 5.32 Å². The zero-order valence-electron chi connectivity index (χ0n) is 12.1. The van der Waals surface area contributed by atoms with Crippen molar-refractivity contribution in [1.29, 1.82) is 0 Å². The Kier molecular flexibility index (Phi) is 4.79. The van der Waals surface area contributed by atoms with Crippen LogP contribution in [0.4, 0.5) is 4.39 Å². The predicted octanol–water partition coefficient (Wildman–Crippen LogP) is 3.80. The van der Waals surface area contributed by atoms with Gasteiger partial charge in [-0.25, -0.2) is 4.39 Å². The van der Waals surface area contributed by atoms with Gasteiger partial charge in [0.2, 0.25) is 0 Å². The van der Waals surface area contributed by atoms with Crippen molar-refractivity contribution in [3.8, 4) is 5.75 Å². The van der Waals surface area contributed by atoms with Crippen LogP contribution in [-0.2, 0) is 13.2 Å². The van der Waals surface area contributed by atoms with E-state index in [1.807, 2.05) is 13.0 Å². The highest BCUT2D eigenvalue weighted by Crippen LogP contribution is 2.20. The summed E-state index contributed by atoms with van der Waals surface area (Å²) in [7, 11) is 0. The normalized spacial score (nSPS) is 11.1. The molecule has 0 unspecified atom stereocenters. The molecule has 0 atom stereocenters. The van der Waals surface area contributed by atoms with Crippen LogP contribution in [-0.4, -0.2) is 6.04 Å². The van der Waals surface area contributed by atoms with Gasteiger partial charge in [0.05, 0.1) is 6.26 Å². The zero-order valence-corrected chi connectivity index (χ0v) is 12.1. The first kappa shape index (κ1) is 14.6. The van der Waals surface area contributed by atoms with Crippen molar-refractivity contribution in [2.45, 2.75) is 40.0 Å². The molecule has 4 heteroatoms. The molecule has 0 bridgehead atoms. The Bertz CT molecular complexity index is 563. The Morgan fingerprint density at radius 3 is 2.80 bits per heavy atom. The average molecular weight is 277 g/mol. The molecule has 108 valence electrons. The van der Waals surface area contributed by atoms with Gasteiger partial charge in [-0.15, -0.1) is 0 Å². The molecular formula is C16H20FNO2. The van der Waals surface area contributed by atoms with E-state index in [1.54, 1.807) is 12.3 Å². The number of halogens is 1. The molecule has 1 aromatic carbocycles. The highest BCUT2D eigenvalue weighted by molar-refractivity contribution is 5.32. The van der Waals surface area contributed by atoms with Crippen LogP contribution >= 0.6 is 0 Å². The minimum Gasteiger partial charge on any atom is -0.485 e. The molecule has 1 N–H and O–H groups in total. The van der Waals surface area contributed by atoms with Gasteiger partial charge in [0.25, 0.3) is 0 Å². The maximum atomic E-state index is 13.0. The molecule has 0 aliphatic carbocycles. The van der Waals surface area contributed by atoms with Crippen LogP contribution in [0.25, 0.3) is 0 Å². The van der Waals surface area contributed by atoms with E-state index in [-0.39, 0.29) is 5.82 Å². The first-order valence-electron chi connectivity index (χ1n) is 6.73. The zero-order chi connectivity index (χ0) is 14.5. The summed E-state index contributed by atoms with van der Waals surface area (Å²) in [4.78, 5) is 0. The van der Waals surface area contributed by atoms with Crippen LogP contribution in [0.3, 0.4) is 0 Å². The van der Waals surface area contributed by atoms with Crippen molar-refractivity contribution in [3.05, 3.63) is 53.2 Å². The Morgan fingerprint density at radius 1 is 1.30 bits per heavy atom. The smallest absolute Gasteiger partial charge is 0.146 e. The number of nitrogens with one attached hydrogen (secondary N) is 1. The first-order valence-corrected chi connectivity index (χ1v) is 6.73. The molecule has 1 heterocycles. The van der Waals surface area contributed by atoms with Gasteiger partial charge in [0, 0.05) is 18.2 Å². The van der Waals surface area contributed by atoms with Crippen LogP contribution in [0.2, 0.25) is 0 Å². The van der Waals surface area contributed by atoms with E-state index in [1.165, 1.54) is 12.1 Å². The van der Waals surface area contributed by atoms with Gasteiger partial charge in [-0.3, -0.25) is 0 Å².